The van der Waals surface area contributed by atoms with Gasteiger partial charge in [-0.2, -0.15) is 0 Å². The molecule has 0 radical (unpaired) electrons. The van der Waals surface area contributed by atoms with Crippen molar-refractivity contribution >= 4 is 23.5 Å². The first-order chi connectivity index (χ1) is 16.4. The Morgan fingerprint density at radius 3 is 2.44 bits per heavy atom. The molecule has 2 aliphatic rings. The number of piperidine rings is 1. The Hall–Kier alpha value is -3.55. The van der Waals surface area contributed by atoms with Crippen LogP contribution in [0, 0.1) is 11.8 Å². The molecule has 8 nitrogen and oxygen atoms in total. The molecule has 0 saturated carbocycles. The molecule has 2 aromatic rings. The Balaban J connectivity index is 1.39. The molecule has 3 N–H and O–H groups in total. The fourth-order valence-corrected chi connectivity index (χ4v) is 5.04. The highest BCUT2D eigenvalue weighted by molar-refractivity contribution is 5.89. The van der Waals surface area contributed by atoms with Gasteiger partial charge < -0.3 is 25.6 Å². The standard InChI is InChI=1S/C26H32N4O4/c1-34-22-9-7-21(8-10-22)28-26(33)29-13-11-19-16-24(31)30(14-12-20(19)17-29)23(25(27)32)15-18-5-3-2-4-6-18/h2-10,19-20,23H,11-17H2,1H3,(H2,27,32)(H,28,33)/t19-,20+,23+/m1/s1. The Kier molecular flexibility index (Phi) is 7.35. The molecule has 2 fully saturated rings. The number of anilines is 1. The average Bonchev–Trinajstić information content (AvgIpc) is 3.01. The molecular weight excluding hydrogens is 432 g/mol. The number of urea groups is 1. The van der Waals surface area contributed by atoms with E-state index < -0.39 is 11.9 Å². The van der Waals surface area contributed by atoms with Crippen LogP contribution in [0.4, 0.5) is 10.5 Å². The van der Waals surface area contributed by atoms with Crippen LogP contribution in [0.3, 0.4) is 0 Å². The summed E-state index contributed by atoms with van der Waals surface area (Å²) in [6.45, 7) is 1.65. The summed E-state index contributed by atoms with van der Waals surface area (Å²) in [5.74, 6) is 0.626. The maximum absolute atomic E-state index is 13.1. The van der Waals surface area contributed by atoms with E-state index in [1.54, 1.807) is 24.1 Å². The third-order valence-electron chi connectivity index (χ3n) is 6.99. The van der Waals surface area contributed by atoms with Crippen molar-refractivity contribution in [3.8, 4) is 5.75 Å². The second kappa shape index (κ2) is 10.6. The first kappa shape index (κ1) is 23.6. The number of nitrogens with one attached hydrogen (secondary N) is 1. The van der Waals surface area contributed by atoms with Crippen LogP contribution in [0.5, 0.6) is 5.75 Å². The minimum atomic E-state index is -0.662. The highest BCUT2D eigenvalue weighted by Gasteiger charge is 2.39. The monoisotopic (exact) mass is 464 g/mol. The van der Waals surface area contributed by atoms with E-state index in [1.165, 1.54) is 0 Å². The van der Waals surface area contributed by atoms with Gasteiger partial charge in [0.15, 0.2) is 0 Å². The lowest BCUT2D eigenvalue weighted by atomic mass is 9.82. The number of fused-ring (bicyclic) bond motifs is 1. The zero-order valence-corrected chi connectivity index (χ0v) is 19.5. The van der Waals surface area contributed by atoms with Crippen LogP contribution in [-0.2, 0) is 16.0 Å². The molecule has 0 aliphatic carbocycles. The Morgan fingerprint density at radius 2 is 1.76 bits per heavy atom. The number of ether oxygens (including phenoxy) is 1. The molecule has 4 rings (SSSR count). The molecule has 2 saturated heterocycles. The summed E-state index contributed by atoms with van der Waals surface area (Å²) in [4.78, 5) is 41.8. The van der Waals surface area contributed by atoms with Gasteiger partial charge in [-0.25, -0.2) is 4.79 Å². The van der Waals surface area contributed by atoms with E-state index in [0.29, 0.717) is 38.2 Å². The van der Waals surface area contributed by atoms with Gasteiger partial charge in [0.1, 0.15) is 11.8 Å². The van der Waals surface area contributed by atoms with Crippen LogP contribution in [0.15, 0.2) is 54.6 Å². The zero-order chi connectivity index (χ0) is 24.1. The van der Waals surface area contributed by atoms with Gasteiger partial charge in [0.2, 0.25) is 11.8 Å². The fraction of sp³-hybridized carbons (Fsp3) is 0.423. The lowest BCUT2D eigenvalue weighted by molar-refractivity contribution is -0.139. The summed E-state index contributed by atoms with van der Waals surface area (Å²) < 4.78 is 5.16. The largest absolute Gasteiger partial charge is 0.497 e. The number of carbonyl (C=O) groups excluding carboxylic acids is 3. The van der Waals surface area contributed by atoms with Crippen LogP contribution < -0.4 is 15.8 Å². The molecular formula is C26H32N4O4. The first-order valence-electron chi connectivity index (χ1n) is 11.8. The maximum atomic E-state index is 13.1. The van der Waals surface area contributed by atoms with Crippen LogP contribution in [0.1, 0.15) is 24.8 Å². The number of amides is 4. The predicted molar refractivity (Wildman–Crippen MR) is 129 cm³/mol. The zero-order valence-electron chi connectivity index (χ0n) is 19.5. The highest BCUT2D eigenvalue weighted by Crippen LogP contribution is 2.33. The van der Waals surface area contributed by atoms with Crippen molar-refractivity contribution in [1.82, 2.24) is 9.80 Å². The van der Waals surface area contributed by atoms with Crippen molar-refractivity contribution in [3.05, 3.63) is 60.2 Å². The fourth-order valence-electron chi connectivity index (χ4n) is 5.04. The number of nitrogens with zero attached hydrogens (tertiary/aromatic N) is 2. The number of likely N-dealkylation sites (tertiary alicyclic amines) is 2. The normalized spacial score (nSPS) is 21.3. The van der Waals surface area contributed by atoms with Crippen LogP contribution in [0.2, 0.25) is 0 Å². The van der Waals surface area contributed by atoms with Crippen LogP contribution >= 0.6 is 0 Å². The number of nitrogens with two attached hydrogens (primary N) is 1. The molecule has 0 bridgehead atoms. The molecule has 4 amide bonds. The average molecular weight is 465 g/mol. The van der Waals surface area contributed by atoms with E-state index in [4.69, 9.17) is 10.5 Å². The van der Waals surface area contributed by atoms with E-state index in [-0.39, 0.29) is 23.8 Å². The molecule has 3 atom stereocenters. The summed E-state index contributed by atoms with van der Waals surface area (Å²) in [5.41, 5.74) is 7.41. The third kappa shape index (κ3) is 5.50. The Morgan fingerprint density at radius 1 is 1.06 bits per heavy atom. The predicted octanol–water partition coefficient (Wildman–Crippen LogP) is 2.88. The van der Waals surface area contributed by atoms with Crippen molar-refractivity contribution in [2.45, 2.75) is 31.7 Å². The Labute approximate surface area is 200 Å². The number of methoxy groups -OCH3 is 1. The minimum Gasteiger partial charge on any atom is -0.497 e. The molecule has 0 unspecified atom stereocenters. The van der Waals surface area contributed by atoms with Gasteiger partial charge in [-0.1, -0.05) is 30.3 Å². The van der Waals surface area contributed by atoms with Crippen molar-refractivity contribution in [2.24, 2.45) is 17.6 Å². The highest BCUT2D eigenvalue weighted by atomic mass is 16.5. The first-order valence-corrected chi connectivity index (χ1v) is 11.8. The number of primary amides is 1. The summed E-state index contributed by atoms with van der Waals surface area (Å²) in [6.07, 6.45) is 2.30. The van der Waals surface area contributed by atoms with Gasteiger partial charge >= 0.3 is 6.03 Å². The van der Waals surface area contributed by atoms with Crippen molar-refractivity contribution in [1.29, 1.82) is 0 Å². The molecule has 2 heterocycles. The van der Waals surface area contributed by atoms with Gasteiger partial charge in [0.05, 0.1) is 7.11 Å². The quantitative estimate of drug-likeness (QED) is 0.686. The maximum Gasteiger partial charge on any atom is 0.321 e. The SMILES string of the molecule is COc1ccc(NC(=O)N2CC[C@@H]3CC(=O)N([C@@H](Cc4ccccc4)C(N)=O)CC[C@H]3C2)cc1. The lowest BCUT2D eigenvalue weighted by Crippen LogP contribution is -2.49. The molecule has 0 aromatic heterocycles. The molecule has 34 heavy (non-hydrogen) atoms. The van der Waals surface area contributed by atoms with Gasteiger partial charge in [0, 0.05) is 38.2 Å². The smallest absolute Gasteiger partial charge is 0.321 e. The van der Waals surface area contributed by atoms with Crippen LogP contribution in [-0.4, -0.2) is 60.4 Å². The van der Waals surface area contributed by atoms with Crippen molar-refractivity contribution in [3.63, 3.8) is 0 Å². The molecule has 180 valence electrons. The lowest BCUT2D eigenvalue weighted by Gasteiger charge is -2.37. The topological polar surface area (TPSA) is 105 Å². The third-order valence-corrected chi connectivity index (χ3v) is 6.99. The number of rotatable bonds is 6. The van der Waals surface area contributed by atoms with Crippen molar-refractivity contribution < 1.29 is 19.1 Å². The van der Waals surface area contributed by atoms with E-state index in [1.807, 2.05) is 47.4 Å². The number of carbonyl (C=O) groups is 3. The van der Waals surface area contributed by atoms with Gasteiger partial charge in [-0.05, 0) is 54.5 Å². The Bertz CT molecular complexity index is 1010. The number of hydrogen-bond acceptors (Lipinski definition) is 4. The molecule has 2 aliphatic heterocycles. The van der Waals surface area contributed by atoms with Crippen molar-refractivity contribution in [2.75, 3.05) is 32.1 Å². The summed E-state index contributed by atoms with van der Waals surface area (Å²) in [6, 6.07) is 16.0. The summed E-state index contributed by atoms with van der Waals surface area (Å²) in [7, 11) is 1.60. The number of hydrogen-bond donors (Lipinski definition) is 2. The van der Waals surface area contributed by atoms with E-state index in [0.717, 1.165) is 24.2 Å². The van der Waals surface area contributed by atoms with Gasteiger partial charge in [-0.3, -0.25) is 9.59 Å². The van der Waals surface area contributed by atoms with Gasteiger partial charge in [-0.15, -0.1) is 0 Å². The molecule has 8 heteroatoms. The molecule has 2 aromatic carbocycles. The van der Waals surface area contributed by atoms with Crippen LogP contribution in [0.25, 0.3) is 0 Å². The summed E-state index contributed by atoms with van der Waals surface area (Å²) >= 11 is 0. The van der Waals surface area contributed by atoms with E-state index >= 15 is 0 Å². The summed E-state index contributed by atoms with van der Waals surface area (Å²) in [5, 5.41) is 2.94. The molecule has 0 spiro atoms. The van der Waals surface area contributed by atoms with E-state index in [2.05, 4.69) is 5.32 Å². The van der Waals surface area contributed by atoms with Gasteiger partial charge in [0.25, 0.3) is 0 Å². The minimum absolute atomic E-state index is 0.0247. The second-order valence-electron chi connectivity index (χ2n) is 9.10. The second-order valence-corrected chi connectivity index (χ2v) is 9.10. The van der Waals surface area contributed by atoms with E-state index in [9.17, 15) is 14.4 Å². The number of benzene rings is 2.